The molecule has 15 heavy (non-hydrogen) atoms. The van der Waals surface area contributed by atoms with E-state index in [0.717, 1.165) is 16.8 Å². The van der Waals surface area contributed by atoms with Crippen molar-refractivity contribution in [2.45, 2.75) is 6.92 Å². The molecule has 0 unspecified atom stereocenters. The van der Waals surface area contributed by atoms with Crippen LogP contribution in [-0.4, -0.2) is 10.2 Å². The SMILES string of the molecule is Cc1cc(-c2ccccc2C#N)cnn1. The number of nitrogens with zero attached hydrogens (tertiary/aromatic N) is 3. The highest BCUT2D eigenvalue weighted by Gasteiger charge is 2.04. The fourth-order valence-electron chi connectivity index (χ4n) is 1.45. The maximum Gasteiger partial charge on any atom is 0.0998 e. The average molecular weight is 195 g/mol. The molecule has 1 aromatic heterocycles. The third kappa shape index (κ3) is 1.84. The number of aryl methyl sites for hydroxylation is 1. The van der Waals surface area contributed by atoms with Crippen LogP contribution >= 0.6 is 0 Å². The molecule has 0 atom stereocenters. The van der Waals surface area contributed by atoms with E-state index in [9.17, 15) is 0 Å². The molecule has 3 heteroatoms. The van der Waals surface area contributed by atoms with E-state index in [1.165, 1.54) is 0 Å². The van der Waals surface area contributed by atoms with Gasteiger partial charge in [0.2, 0.25) is 0 Å². The molecule has 0 amide bonds. The van der Waals surface area contributed by atoms with Crippen LogP contribution in [0.3, 0.4) is 0 Å². The monoisotopic (exact) mass is 195 g/mol. The molecule has 2 aromatic rings. The van der Waals surface area contributed by atoms with Crippen molar-refractivity contribution in [3.63, 3.8) is 0 Å². The second-order valence-electron chi connectivity index (χ2n) is 3.24. The Balaban J connectivity index is 2.60. The smallest absolute Gasteiger partial charge is 0.0998 e. The lowest BCUT2D eigenvalue weighted by Gasteiger charge is -2.03. The third-order valence-corrected chi connectivity index (χ3v) is 2.14. The maximum atomic E-state index is 8.96. The van der Waals surface area contributed by atoms with Crippen LogP contribution in [0.1, 0.15) is 11.3 Å². The summed E-state index contributed by atoms with van der Waals surface area (Å²) in [6, 6.07) is 11.6. The van der Waals surface area contributed by atoms with Crippen LogP contribution in [0.25, 0.3) is 11.1 Å². The molecule has 1 heterocycles. The molecule has 2 rings (SSSR count). The van der Waals surface area contributed by atoms with Crippen molar-refractivity contribution < 1.29 is 0 Å². The van der Waals surface area contributed by atoms with Crippen LogP contribution in [0, 0.1) is 18.3 Å². The van der Waals surface area contributed by atoms with Crippen molar-refractivity contribution in [2.24, 2.45) is 0 Å². The van der Waals surface area contributed by atoms with Crippen LogP contribution in [-0.2, 0) is 0 Å². The van der Waals surface area contributed by atoms with Crippen molar-refractivity contribution in [1.29, 1.82) is 5.26 Å². The van der Waals surface area contributed by atoms with Gasteiger partial charge in [-0.25, -0.2) is 0 Å². The fraction of sp³-hybridized carbons (Fsp3) is 0.0833. The molecule has 0 saturated heterocycles. The standard InChI is InChI=1S/C12H9N3/c1-9-6-11(8-14-15-9)12-5-3-2-4-10(12)7-13/h2-6,8H,1H3. The number of nitriles is 1. The van der Waals surface area contributed by atoms with Gasteiger partial charge in [0.15, 0.2) is 0 Å². The fourth-order valence-corrected chi connectivity index (χ4v) is 1.45. The molecule has 3 nitrogen and oxygen atoms in total. The van der Waals surface area contributed by atoms with Gasteiger partial charge in [-0.2, -0.15) is 15.5 Å². The van der Waals surface area contributed by atoms with Gasteiger partial charge in [0.25, 0.3) is 0 Å². The minimum Gasteiger partial charge on any atom is -0.192 e. The van der Waals surface area contributed by atoms with E-state index >= 15 is 0 Å². The molecule has 0 N–H and O–H groups in total. The summed E-state index contributed by atoms with van der Waals surface area (Å²) in [5.74, 6) is 0. The second-order valence-corrected chi connectivity index (χ2v) is 3.24. The van der Waals surface area contributed by atoms with Crippen LogP contribution in [0.2, 0.25) is 0 Å². The summed E-state index contributed by atoms with van der Waals surface area (Å²) in [5.41, 5.74) is 3.34. The second kappa shape index (κ2) is 3.89. The van der Waals surface area contributed by atoms with Crippen molar-refractivity contribution in [3.05, 3.63) is 47.8 Å². The summed E-state index contributed by atoms with van der Waals surface area (Å²) in [6.07, 6.45) is 1.67. The van der Waals surface area contributed by atoms with Crippen LogP contribution in [0.15, 0.2) is 36.5 Å². The number of hydrogen-bond acceptors (Lipinski definition) is 3. The first kappa shape index (κ1) is 9.35. The Morgan fingerprint density at radius 3 is 2.80 bits per heavy atom. The summed E-state index contributed by atoms with van der Waals surface area (Å²) < 4.78 is 0. The third-order valence-electron chi connectivity index (χ3n) is 2.14. The van der Waals surface area contributed by atoms with Crippen LogP contribution in [0.5, 0.6) is 0 Å². The highest BCUT2D eigenvalue weighted by atomic mass is 15.1. The zero-order chi connectivity index (χ0) is 10.7. The summed E-state index contributed by atoms with van der Waals surface area (Å²) >= 11 is 0. The van der Waals surface area contributed by atoms with Crippen LogP contribution in [0.4, 0.5) is 0 Å². The lowest BCUT2D eigenvalue weighted by molar-refractivity contribution is 0.982. The van der Waals surface area contributed by atoms with Crippen molar-refractivity contribution in [2.75, 3.05) is 0 Å². The molecule has 0 aliphatic heterocycles. The number of aromatic nitrogens is 2. The normalized spacial score (nSPS) is 9.60. The zero-order valence-electron chi connectivity index (χ0n) is 8.31. The van der Waals surface area contributed by atoms with E-state index in [0.29, 0.717) is 5.56 Å². The minimum absolute atomic E-state index is 0.657. The van der Waals surface area contributed by atoms with Crippen molar-refractivity contribution in [3.8, 4) is 17.2 Å². The largest absolute Gasteiger partial charge is 0.192 e. The molecule has 0 aliphatic rings. The van der Waals surface area contributed by atoms with Gasteiger partial charge >= 0.3 is 0 Å². The van der Waals surface area contributed by atoms with E-state index in [1.54, 1.807) is 12.3 Å². The molecule has 0 bridgehead atoms. The Labute approximate surface area is 88.0 Å². The molecule has 0 fully saturated rings. The van der Waals surface area contributed by atoms with E-state index in [4.69, 9.17) is 5.26 Å². The Kier molecular flexibility index (Phi) is 2.42. The zero-order valence-corrected chi connectivity index (χ0v) is 8.31. The molecular formula is C12H9N3. The lowest BCUT2D eigenvalue weighted by atomic mass is 10.0. The summed E-state index contributed by atoms with van der Waals surface area (Å²) in [6.45, 7) is 1.88. The van der Waals surface area contributed by atoms with E-state index < -0.39 is 0 Å². The first-order valence-corrected chi connectivity index (χ1v) is 4.60. The average Bonchev–Trinajstić information content (AvgIpc) is 2.29. The number of hydrogen-bond donors (Lipinski definition) is 0. The quantitative estimate of drug-likeness (QED) is 0.701. The molecule has 1 aromatic carbocycles. The minimum atomic E-state index is 0.657. The van der Waals surface area contributed by atoms with Gasteiger partial charge < -0.3 is 0 Å². The predicted octanol–water partition coefficient (Wildman–Crippen LogP) is 2.32. The Morgan fingerprint density at radius 2 is 2.07 bits per heavy atom. The van der Waals surface area contributed by atoms with E-state index in [2.05, 4.69) is 16.3 Å². The number of benzene rings is 1. The highest BCUT2D eigenvalue weighted by molar-refractivity contribution is 5.69. The van der Waals surface area contributed by atoms with E-state index in [1.807, 2.05) is 31.2 Å². The summed E-state index contributed by atoms with van der Waals surface area (Å²) in [5, 5.41) is 16.7. The van der Waals surface area contributed by atoms with Gasteiger partial charge in [-0.1, -0.05) is 18.2 Å². The Hall–Kier alpha value is -2.21. The van der Waals surface area contributed by atoms with Gasteiger partial charge in [0, 0.05) is 11.1 Å². The summed E-state index contributed by atoms with van der Waals surface area (Å²) in [7, 11) is 0. The molecule has 0 aliphatic carbocycles. The molecule has 0 spiro atoms. The highest BCUT2D eigenvalue weighted by Crippen LogP contribution is 2.22. The lowest BCUT2D eigenvalue weighted by Crippen LogP contribution is -1.89. The Morgan fingerprint density at radius 1 is 1.27 bits per heavy atom. The topological polar surface area (TPSA) is 49.6 Å². The first-order chi connectivity index (χ1) is 7.31. The summed E-state index contributed by atoms with van der Waals surface area (Å²) in [4.78, 5) is 0. The van der Waals surface area contributed by atoms with Gasteiger partial charge in [-0.05, 0) is 19.1 Å². The van der Waals surface area contributed by atoms with Crippen LogP contribution < -0.4 is 0 Å². The van der Waals surface area contributed by atoms with Crippen molar-refractivity contribution >= 4 is 0 Å². The molecule has 72 valence electrons. The van der Waals surface area contributed by atoms with Gasteiger partial charge in [0.05, 0.1) is 23.5 Å². The van der Waals surface area contributed by atoms with E-state index in [-0.39, 0.29) is 0 Å². The molecular weight excluding hydrogens is 186 g/mol. The van der Waals surface area contributed by atoms with Gasteiger partial charge in [-0.3, -0.25) is 0 Å². The maximum absolute atomic E-state index is 8.96. The Bertz CT molecular complexity index is 526. The van der Waals surface area contributed by atoms with Crippen molar-refractivity contribution in [1.82, 2.24) is 10.2 Å². The first-order valence-electron chi connectivity index (χ1n) is 4.60. The van der Waals surface area contributed by atoms with Gasteiger partial charge in [0.1, 0.15) is 0 Å². The molecule has 0 saturated carbocycles. The number of rotatable bonds is 1. The molecule has 0 radical (unpaired) electrons. The predicted molar refractivity (Wildman–Crippen MR) is 56.9 cm³/mol. The van der Waals surface area contributed by atoms with Gasteiger partial charge in [-0.15, -0.1) is 0 Å².